The quantitative estimate of drug-likeness (QED) is 0.297. The summed E-state index contributed by atoms with van der Waals surface area (Å²) in [5, 5.41) is 10.4. The van der Waals surface area contributed by atoms with Crippen molar-refractivity contribution in [2.45, 2.75) is 78.0 Å². The molecule has 0 radical (unpaired) electrons. The third-order valence-electron chi connectivity index (χ3n) is 3.37. The van der Waals surface area contributed by atoms with Crippen LogP contribution in [0.5, 0.6) is 0 Å². The molecular formula is C16H33O4P. The highest BCUT2D eigenvalue weighted by Gasteiger charge is 2.38. The Bertz CT molecular complexity index is 307. The number of hydrogen-bond donors (Lipinski definition) is 1. The molecule has 0 aliphatic heterocycles. The Hall–Kier alpha value is -0.150. The number of aliphatic hydroxyl groups is 1. The van der Waals surface area contributed by atoms with Crippen LogP contribution in [0.1, 0.15) is 66.2 Å². The van der Waals surface area contributed by atoms with E-state index in [-0.39, 0.29) is 0 Å². The van der Waals surface area contributed by atoms with E-state index in [1.165, 1.54) is 19.3 Å². The summed E-state index contributed by atoms with van der Waals surface area (Å²) in [5.41, 5.74) is -0.575. The monoisotopic (exact) mass is 320 g/mol. The van der Waals surface area contributed by atoms with Crippen LogP contribution in [0.25, 0.3) is 0 Å². The molecule has 5 heteroatoms. The van der Waals surface area contributed by atoms with Crippen molar-refractivity contribution >= 4 is 7.60 Å². The Morgan fingerprint density at radius 3 is 2.10 bits per heavy atom. The van der Waals surface area contributed by atoms with Crippen molar-refractivity contribution in [2.24, 2.45) is 0 Å². The van der Waals surface area contributed by atoms with Crippen molar-refractivity contribution in [3.8, 4) is 0 Å². The van der Waals surface area contributed by atoms with Crippen LogP contribution >= 0.6 is 7.60 Å². The van der Waals surface area contributed by atoms with E-state index in [4.69, 9.17) is 9.05 Å². The second kappa shape index (κ2) is 12.4. The smallest absolute Gasteiger partial charge is 0.340 e. The van der Waals surface area contributed by atoms with Crippen molar-refractivity contribution in [2.75, 3.05) is 13.2 Å². The largest absolute Gasteiger partial charge is 0.392 e. The summed E-state index contributed by atoms with van der Waals surface area (Å²) in [6, 6.07) is 0. The van der Waals surface area contributed by atoms with Gasteiger partial charge in [-0.1, -0.05) is 51.2 Å². The van der Waals surface area contributed by atoms with Crippen LogP contribution in [-0.4, -0.2) is 30.1 Å². The standard InChI is InChI=1S/C16H33O4P/c1-5-9-10-11-12-14-15(17)16(13-6-2)21(18,19-7-3)20-8-4/h6,13,15-17H,5,7-12,14H2,1-4H3/b13-6+/t15?,16-/m0/s1. The minimum Gasteiger partial charge on any atom is -0.392 e. The van der Waals surface area contributed by atoms with Crippen LogP contribution in [0, 0.1) is 0 Å². The molecule has 1 N–H and O–H groups in total. The first-order valence-electron chi connectivity index (χ1n) is 8.25. The van der Waals surface area contributed by atoms with Crippen LogP contribution in [-0.2, 0) is 13.6 Å². The molecule has 0 aromatic carbocycles. The van der Waals surface area contributed by atoms with Gasteiger partial charge in [0, 0.05) is 0 Å². The van der Waals surface area contributed by atoms with Crippen molar-refractivity contribution in [3.63, 3.8) is 0 Å². The molecular weight excluding hydrogens is 287 g/mol. The molecule has 0 heterocycles. The fourth-order valence-corrected chi connectivity index (χ4v) is 4.43. The van der Waals surface area contributed by atoms with Gasteiger partial charge >= 0.3 is 7.60 Å². The summed E-state index contributed by atoms with van der Waals surface area (Å²) in [6.45, 7) is 8.23. The van der Waals surface area contributed by atoms with Gasteiger partial charge in [-0.05, 0) is 27.2 Å². The van der Waals surface area contributed by atoms with Gasteiger partial charge < -0.3 is 14.2 Å². The van der Waals surface area contributed by atoms with Gasteiger partial charge in [-0.3, -0.25) is 4.57 Å². The van der Waals surface area contributed by atoms with Gasteiger partial charge in [-0.2, -0.15) is 0 Å². The highest BCUT2D eigenvalue weighted by molar-refractivity contribution is 7.55. The number of rotatable bonds is 13. The lowest BCUT2D eigenvalue weighted by molar-refractivity contribution is 0.140. The zero-order valence-electron chi connectivity index (χ0n) is 14.1. The summed E-state index contributed by atoms with van der Waals surface area (Å²) >= 11 is 0. The molecule has 0 saturated heterocycles. The van der Waals surface area contributed by atoms with E-state index in [0.717, 1.165) is 12.8 Å². The van der Waals surface area contributed by atoms with Crippen LogP contribution in [0.4, 0.5) is 0 Å². The SMILES string of the molecule is C/C=C/[C@@H](C(O)CCCCCCC)P(=O)(OCC)OCC. The minimum atomic E-state index is -3.30. The van der Waals surface area contributed by atoms with Crippen molar-refractivity contribution in [1.29, 1.82) is 0 Å². The summed E-state index contributed by atoms with van der Waals surface area (Å²) in [5.74, 6) is 0. The lowest BCUT2D eigenvalue weighted by Gasteiger charge is -2.27. The van der Waals surface area contributed by atoms with Gasteiger partial charge in [-0.15, -0.1) is 0 Å². The predicted octanol–water partition coefficient (Wildman–Crippen LogP) is 4.92. The van der Waals surface area contributed by atoms with Gasteiger partial charge in [-0.25, -0.2) is 0 Å². The average Bonchev–Trinajstić information content (AvgIpc) is 2.44. The molecule has 126 valence electrons. The summed E-state index contributed by atoms with van der Waals surface area (Å²) in [4.78, 5) is 0. The highest BCUT2D eigenvalue weighted by atomic mass is 31.2. The highest BCUT2D eigenvalue weighted by Crippen LogP contribution is 2.55. The molecule has 0 amide bonds. The molecule has 0 aliphatic rings. The van der Waals surface area contributed by atoms with Crippen LogP contribution in [0.15, 0.2) is 12.2 Å². The molecule has 0 rings (SSSR count). The number of unbranched alkanes of at least 4 members (excludes halogenated alkanes) is 4. The van der Waals surface area contributed by atoms with E-state index in [2.05, 4.69) is 6.92 Å². The first kappa shape index (κ1) is 20.9. The number of hydrogen-bond acceptors (Lipinski definition) is 4. The Morgan fingerprint density at radius 2 is 1.62 bits per heavy atom. The molecule has 1 unspecified atom stereocenters. The third kappa shape index (κ3) is 8.15. The first-order chi connectivity index (χ1) is 10.1. The third-order valence-corrected chi connectivity index (χ3v) is 5.85. The Balaban J connectivity index is 4.65. The Morgan fingerprint density at radius 1 is 1.05 bits per heavy atom. The molecule has 0 spiro atoms. The summed E-state index contributed by atoms with van der Waals surface area (Å²) in [6.07, 6.45) is 9.15. The van der Waals surface area contributed by atoms with E-state index in [1.54, 1.807) is 26.0 Å². The molecule has 0 saturated carbocycles. The number of allylic oxidation sites excluding steroid dienone is 1. The maximum absolute atomic E-state index is 12.8. The predicted molar refractivity (Wildman–Crippen MR) is 88.8 cm³/mol. The molecule has 0 aromatic heterocycles. The normalized spacial score (nSPS) is 15.5. The van der Waals surface area contributed by atoms with Crippen LogP contribution in [0.3, 0.4) is 0 Å². The van der Waals surface area contributed by atoms with Gasteiger partial charge in [0.15, 0.2) is 0 Å². The van der Waals surface area contributed by atoms with Crippen LogP contribution in [0.2, 0.25) is 0 Å². The van der Waals surface area contributed by atoms with Gasteiger partial charge in [0.1, 0.15) is 5.66 Å². The Labute approximate surface area is 130 Å². The molecule has 2 atom stereocenters. The summed E-state index contributed by atoms with van der Waals surface area (Å²) in [7, 11) is -3.30. The molecule has 0 aromatic rings. The van der Waals surface area contributed by atoms with Crippen molar-refractivity contribution in [1.82, 2.24) is 0 Å². The zero-order chi connectivity index (χ0) is 16.1. The lowest BCUT2D eigenvalue weighted by Crippen LogP contribution is -2.26. The van der Waals surface area contributed by atoms with E-state index in [0.29, 0.717) is 19.6 Å². The van der Waals surface area contributed by atoms with Gasteiger partial charge in [0.25, 0.3) is 0 Å². The lowest BCUT2D eigenvalue weighted by atomic mass is 10.1. The van der Waals surface area contributed by atoms with Crippen molar-refractivity contribution < 1.29 is 18.7 Å². The average molecular weight is 320 g/mol. The van der Waals surface area contributed by atoms with E-state index in [1.807, 2.05) is 6.92 Å². The molecule has 0 aliphatic carbocycles. The van der Waals surface area contributed by atoms with E-state index < -0.39 is 19.4 Å². The molecule has 0 fully saturated rings. The van der Waals surface area contributed by atoms with Crippen LogP contribution < -0.4 is 0 Å². The van der Waals surface area contributed by atoms with E-state index >= 15 is 0 Å². The maximum atomic E-state index is 12.8. The number of aliphatic hydroxyl groups excluding tert-OH is 1. The molecule has 21 heavy (non-hydrogen) atoms. The first-order valence-corrected chi connectivity index (χ1v) is 9.86. The fourth-order valence-electron chi connectivity index (χ4n) is 2.34. The summed E-state index contributed by atoms with van der Waals surface area (Å²) < 4.78 is 23.6. The second-order valence-corrected chi connectivity index (χ2v) is 7.35. The zero-order valence-corrected chi connectivity index (χ0v) is 15.0. The van der Waals surface area contributed by atoms with Gasteiger partial charge in [0.05, 0.1) is 19.3 Å². The second-order valence-electron chi connectivity index (χ2n) is 5.16. The Kier molecular flexibility index (Phi) is 12.3. The molecule has 4 nitrogen and oxygen atoms in total. The van der Waals surface area contributed by atoms with Crippen molar-refractivity contribution in [3.05, 3.63) is 12.2 Å². The molecule has 0 bridgehead atoms. The van der Waals surface area contributed by atoms with Gasteiger partial charge in [0.2, 0.25) is 0 Å². The fraction of sp³-hybridized carbons (Fsp3) is 0.875. The topological polar surface area (TPSA) is 55.8 Å². The minimum absolute atomic E-state index is 0.314. The van der Waals surface area contributed by atoms with E-state index in [9.17, 15) is 9.67 Å². The maximum Gasteiger partial charge on any atom is 0.340 e.